The van der Waals surface area contributed by atoms with Crippen molar-refractivity contribution >= 4 is 15.5 Å². The summed E-state index contributed by atoms with van der Waals surface area (Å²) in [5.41, 5.74) is 2.23. The molecule has 1 fully saturated rings. The lowest BCUT2D eigenvalue weighted by Crippen LogP contribution is -2.47. The molecule has 1 aromatic heterocycles. The largest absolute Gasteiger partial charge is 0.365 e. The van der Waals surface area contributed by atoms with Crippen molar-refractivity contribution in [3.05, 3.63) is 24.0 Å². The number of rotatable bonds is 5. The van der Waals surface area contributed by atoms with Crippen molar-refractivity contribution in [2.45, 2.75) is 32.9 Å². The number of anilines is 1. The highest BCUT2D eigenvalue weighted by atomic mass is 32.2. The molecule has 1 N–H and O–H groups in total. The molecule has 1 unspecified atom stereocenters. The smallest absolute Gasteiger partial charge is 0.154 e. The van der Waals surface area contributed by atoms with Crippen LogP contribution in [0.2, 0.25) is 0 Å². The maximum Gasteiger partial charge on any atom is 0.154 e. The molecular formula is C14H23N3O2S. The van der Waals surface area contributed by atoms with Crippen LogP contribution in [0.1, 0.15) is 25.8 Å². The molecule has 0 amide bonds. The van der Waals surface area contributed by atoms with Crippen LogP contribution in [0.25, 0.3) is 0 Å². The average molecular weight is 297 g/mol. The van der Waals surface area contributed by atoms with Gasteiger partial charge in [0.15, 0.2) is 9.84 Å². The lowest BCUT2D eigenvalue weighted by atomic mass is 10.1. The molecule has 2 rings (SSSR count). The van der Waals surface area contributed by atoms with Crippen molar-refractivity contribution in [3.63, 3.8) is 0 Å². The Kier molecular flexibility index (Phi) is 4.99. The maximum absolute atomic E-state index is 11.7. The van der Waals surface area contributed by atoms with Crippen molar-refractivity contribution in [2.24, 2.45) is 0 Å². The molecule has 1 saturated heterocycles. The lowest BCUT2D eigenvalue weighted by molar-refractivity contribution is 0.567. The number of nitrogens with one attached hydrogen (secondary N) is 1. The van der Waals surface area contributed by atoms with Crippen LogP contribution in [0.3, 0.4) is 0 Å². The number of hydrogen-bond donors (Lipinski definition) is 1. The summed E-state index contributed by atoms with van der Waals surface area (Å²) in [5.74, 6) is 0.456. The molecule has 1 atom stereocenters. The zero-order valence-electron chi connectivity index (χ0n) is 12.2. The fourth-order valence-electron chi connectivity index (χ4n) is 2.58. The molecule has 0 radical (unpaired) electrons. The highest BCUT2D eigenvalue weighted by Gasteiger charge is 2.29. The van der Waals surface area contributed by atoms with Gasteiger partial charge in [-0.15, -0.1) is 0 Å². The molecule has 5 nitrogen and oxygen atoms in total. The van der Waals surface area contributed by atoms with Gasteiger partial charge in [0, 0.05) is 25.3 Å². The minimum atomic E-state index is -2.88. The van der Waals surface area contributed by atoms with Gasteiger partial charge in [0.05, 0.1) is 23.4 Å². The predicted octanol–water partition coefficient (Wildman–Crippen LogP) is 1.20. The van der Waals surface area contributed by atoms with E-state index < -0.39 is 9.84 Å². The fourth-order valence-corrected chi connectivity index (χ4v) is 4.14. The molecule has 1 aromatic rings. The third kappa shape index (κ3) is 3.70. The Morgan fingerprint density at radius 1 is 1.50 bits per heavy atom. The Balaban J connectivity index is 2.16. The monoisotopic (exact) mass is 297 g/mol. The summed E-state index contributed by atoms with van der Waals surface area (Å²) in [6.07, 6.45) is 4.73. The highest BCUT2D eigenvalue weighted by Crippen LogP contribution is 2.24. The molecule has 0 saturated carbocycles. The predicted molar refractivity (Wildman–Crippen MR) is 81.7 cm³/mol. The molecule has 0 aromatic carbocycles. The Hall–Kier alpha value is -1.14. The van der Waals surface area contributed by atoms with Gasteiger partial charge in [-0.05, 0) is 31.5 Å². The summed E-state index contributed by atoms with van der Waals surface area (Å²) in [6.45, 7) is 6.42. The van der Waals surface area contributed by atoms with E-state index in [1.807, 2.05) is 19.2 Å². The number of hydrogen-bond acceptors (Lipinski definition) is 5. The van der Waals surface area contributed by atoms with E-state index in [0.29, 0.717) is 6.54 Å². The molecule has 0 bridgehead atoms. The zero-order valence-corrected chi connectivity index (χ0v) is 13.0. The van der Waals surface area contributed by atoms with Gasteiger partial charge in [0.25, 0.3) is 0 Å². The van der Waals surface area contributed by atoms with Gasteiger partial charge in [-0.1, -0.05) is 6.92 Å². The van der Waals surface area contributed by atoms with Crippen LogP contribution >= 0.6 is 0 Å². The first kappa shape index (κ1) is 15.3. The van der Waals surface area contributed by atoms with E-state index in [4.69, 9.17) is 0 Å². The van der Waals surface area contributed by atoms with Gasteiger partial charge < -0.3 is 10.2 Å². The van der Waals surface area contributed by atoms with E-state index >= 15 is 0 Å². The van der Waals surface area contributed by atoms with Gasteiger partial charge in [-0.3, -0.25) is 4.98 Å². The summed E-state index contributed by atoms with van der Waals surface area (Å²) in [7, 11) is -2.88. The first-order valence-electron chi connectivity index (χ1n) is 7.14. The molecule has 0 spiro atoms. The standard InChI is InChI=1S/C14H23N3O2S/c1-3-5-15-9-13-4-6-16-10-14(13)17-7-8-20(18,19)11-12(17)2/h4,6,10,12,15H,3,5,7-9,11H2,1-2H3. The summed E-state index contributed by atoms with van der Waals surface area (Å²) in [6, 6.07) is 2.01. The van der Waals surface area contributed by atoms with Crippen molar-refractivity contribution in [2.75, 3.05) is 29.5 Å². The number of aromatic nitrogens is 1. The van der Waals surface area contributed by atoms with Crippen LogP contribution < -0.4 is 10.2 Å². The summed E-state index contributed by atoms with van der Waals surface area (Å²) in [4.78, 5) is 6.36. The zero-order chi connectivity index (χ0) is 14.6. The second kappa shape index (κ2) is 6.54. The molecule has 0 aliphatic carbocycles. The molecule has 1 aliphatic heterocycles. The van der Waals surface area contributed by atoms with Crippen molar-refractivity contribution in [1.29, 1.82) is 0 Å². The first-order chi connectivity index (χ1) is 9.53. The SMILES string of the molecule is CCCNCc1ccncc1N1CCS(=O)(=O)CC1C. The molecular weight excluding hydrogens is 274 g/mol. The van der Waals surface area contributed by atoms with E-state index in [2.05, 4.69) is 22.1 Å². The van der Waals surface area contributed by atoms with Gasteiger partial charge in [0.2, 0.25) is 0 Å². The van der Waals surface area contributed by atoms with Crippen molar-refractivity contribution in [1.82, 2.24) is 10.3 Å². The molecule has 2 heterocycles. The quantitative estimate of drug-likeness (QED) is 0.828. The Morgan fingerprint density at radius 3 is 3.00 bits per heavy atom. The Morgan fingerprint density at radius 2 is 2.30 bits per heavy atom. The minimum absolute atomic E-state index is 0.00266. The lowest BCUT2D eigenvalue weighted by Gasteiger charge is -2.36. The topological polar surface area (TPSA) is 62.3 Å². The van der Waals surface area contributed by atoms with Crippen LogP contribution in [-0.4, -0.2) is 44.0 Å². The van der Waals surface area contributed by atoms with Gasteiger partial charge >= 0.3 is 0 Å². The Bertz CT molecular complexity index is 545. The van der Waals surface area contributed by atoms with E-state index in [0.717, 1.165) is 25.2 Å². The van der Waals surface area contributed by atoms with Gasteiger partial charge in [-0.2, -0.15) is 0 Å². The fraction of sp³-hybridized carbons (Fsp3) is 0.643. The first-order valence-corrected chi connectivity index (χ1v) is 8.96. The second-order valence-electron chi connectivity index (χ2n) is 5.34. The molecule has 112 valence electrons. The van der Waals surface area contributed by atoms with E-state index in [1.165, 1.54) is 5.56 Å². The second-order valence-corrected chi connectivity index (χ2v) is 7.57. The van der Waals surface area contributed by atoms with Gasteiger partial charge in [0.1, 0.15) is 0 Å². The normalized spacial score (nSPS) is 21.9. The van der Waals surface area contributed by atoms with E-state index in [9.17, 15) is 8.42 Å². The number of pyridine rings is 1. The number of nitrogens with zero attached hydrogens (tertiary/aromatic N) is 2. The van der Waals surface area contributed by atoms with Crippen molar-refractivity contribution in [3.8, 4) is 0 Å². The Labute approximate surface area is 121 Å². The summed E-state index contributed by atoms with van der Waals surface area (Å²) < 4.78 is 23.4. The number of sulfone groups is 1. The van der Waals surface area contributed by atoms with Crippen LogP contribution in [0.4, 0.5) is 5.69 Å². The third-order valence-electron chi connectivity index (χ3n) is 3.61. The highest BCUT2D eigenvalue weighted by molar-refractivity contribution is 7.91. The maximum atomic E-state index is 11.7. The van der Waals surface area contributed by atoms with E-state index in [-0.39, 0.29) is 17.5 Å². The third-order valence-corrected chi connectivity index (χ3v) is 5.40. The van der Waals surface area contributed by atoms with Gasteiger partial charge in [-0.25, -0.2) is 8.42 Å². The average Bonchev–Trinajstić information content (AvgIpc) is 2.39. The summed E-state index contributed by atoms with van der Waals surface area (Å²) >= 11 is 0. The molecule has 20 heavy (non-hydrogen) atoms. The van der Waals surface area contributed by atoms with E-state index in [1.54, 1.807) is 6.20 Å². The molecule has 6 heteroatoms. The van der Waals surface area contributed by atoms with Crippen LogP contribution in [-0.2, 0) is 16.4 Å². The van der Waals surface area contributed by atoms with Crippen molar-refractivity contribution < 1.29 is 8.42 Å². The van der Waals surface area contributed by atoms with Crippen LogP contribution in [0.5, 0.6) is 0 Å². The summed E-state index contributed by atoms with van der Waals surface area (Å²) in [5, 5.41) is 3.39. The van der Waals surface area contributed by atoms with Crippen LogP contribution in [0.15, 0.2) is 18.5 Å². The molecule has 1 aliphatic rings. The van der Waals surface area contributed by atoms with Crippen LogP contribution in [0, 0.1) is 0 Å². The minimum Gasteiger partial charge on any atom is -0.365 e.